The van der Waals surface area contributed by atoms with Gasteiger partial charge in [0.15, 0.2) is 0 Å². The average molecular weight is 428 g/mol. The predicted molar refractivity (Wildman–Crippen MR) is 122 cm³/mol. The molecule has 1 fully saturated rings. The fourth-order valence-electron chi connectivity index (χ4n) is 3.73. The van der Waals surface area contributed by atoms with Crippen molar-refractivity contribution in [2.75, 3.05) is 11.5 Å². The highest BCUT2D eigenvalue weighted by Crippen LogP contribution is 2.41. The lowest BCUT2D eigenvalue weighted by Crippen LogP contribution is -2.29. The first-order chi connectivity index (χ1) is 15.5. The Kier molecular flexibility index (Phi) is 6.03. The van der Waals surface area contributed by atoms with Gasteiger partial charge in [0.2, 0.25) is 0 Å². The summed E-state index contributed by atoms with van der Waals surface area (Å²) in [5, 5.41) is 11.2. The summed E-state index contributed by atoms with van der Waals surface area (Å²) in [6, 6.07) is 18.6. The fraction of sp³-hybridized carbons (Fsp3) is 0.192. The van der Waals surface area contributed by atoms with Gasteiger partial charge in [-0.3, -0.25) is 19.5 Å². The maximum absolute atomic E-state index is 13.1. The molecule has 0 saturated carbocycles. The minimum Gasteiger partial charge on any atom is -0.507 e. The van der Waals surface area contributed by atoms with Gasteiger partial charge in [-0.25, -0.2) is 0 Å². The molecule has 6 nitrogen and oxygen atoms in total. The summed E-state index contributed by atoms with van der Waals surface area (Å²) in [5.74, 6) is -1.13. The standard InChI is InChI=1S/C26H24N2O4/c1-3-15-32-20-8-6-7-18(16-20)24(29)22-23(21-9-4-5-14-27-21)28(26(31)25(22)30)19-12-10-17(2)11-13-19/h4-14,16,23,29H,3,15H2,1-2H3/b24-22-. The third kappa shape index (κ3) is 3.99. The van der Waals surface area contributed by atoms with Crippen molar-refractivity contribution in [1.29, 1.82) is 0 Å². The minimum atomic E-state index is -0.848. The van der Waals surface area contributed by atoms with Crippen molar-refractivity contribution in [3.63, 3.8) is 0 Å². The number of pyridine rings is 1. The van der Waals surface area contributed by atoms with E-state index in [0.29, 0.717) is 29.3 Å². The Morgan fingerprint density at radius 2 is 1.84 bits per heavy atom. The first-order valence-electron chi connectivity index (χ1n) is 10.5. The molecule has 162 valence electrons. The van der Waals surface area contributed by atoms with E-state index >= 15 is 0 Å². The molecular weight excluding hydrogens is 404 g/mol. The van der Waals surface area contributed by atoms with Gasteiger partial charge in [0, 0.05) is 17.4 Å². The molecule has 3 aromatic rings. The van der Waals surface area contributed by atoms with E-state index in [-0.39, 0.29) is 11.3 Å². The number of hydrogen-bond acceptors (Lipinski definition) is 5. The number of nitrogens with zero attached hydrogens (tertiary/aromatic N) is 2. The summed E-state index contributed by atoms with van der Waals surface area (Å²) in [6.07, 6.45) is 2.45. The molecule has 0 spiro atoms. The SMILES string of the molecule is CCCOc1cccc(/C(O)=C2/C(=O)C(=O)N(c3ccc(C)cc3)C2c2ccccn2)c1. The fourth-order valence-corrected chi connectivity index (χ4v) is 3.73. The van der Waals surface area contributed by atoms with Crippen LogP contribution in [0.3, 0.4) is 0 Å². The van der Waals surface area contributed by atoms with E-state index < -0.39 is 17.7 Å². The highest BCUT2D eigenvalue weighted by molar-refractivity contribution is 6.51. The second-order valence-electron chi connectivity index (χ2n) is 7.64. The molecule has 1 aliphatic heterocycles. The Morgan fingerprint density at radius 3 is 2.53 bits per heavy atom. The number of carbonyl (C=O) groups is 2. The van der Waals surface area contributed by atoms with Crippen LogP contribution < -0.4 is 9.64 Å². The lowest BCUT2D eigenvalue weighted by atomic mass is 9.98. The molecule has 1 aliphatic rings. The van der Waals surface area contributed by atoms with E-state index in [1.165, 1.54) is 4.90 Å². The Morgan fingerprint density at radius 1 is 1.06 bits per heavy atom. The van der Waals surface area contributed by atoms with Crippen molar-refractivity contribution in [2.45, 2.75) is 26.3 Å². The number of ketones is 1. The maximum Gasteiger partial charge on any atom is 0.300 e. The molecular formula is C26H24N2O4. The molecule has 1 amide bonds. The molecule has 1 aromatic heterocycles. The Labute approximate surface area is 186 Å². The van der Waals surface area contributed by atoms with Crippen LogP contribution in [0.2, 0.25) is 0 Å². The minimum absolute atomic E-state index is 0.00177. The van der Waals surface area contributed by atoms with Crippen LogP contribution in [0, 0.1) is 6.92 Å². The predicted octanol–water partition coefficient (Wildman–Crippen LogP) is 4.81. The summed E-state index contributed by atoms with van der Waals surface area (Å²) < 4.78 is 5.66. The van der Waals surface area contributed by atoms with Gasteiger partial charge in [-0.15, -0.1) is 0 Å². The van der Waals surface area contributed by atoms with Crippen LogP contribution in [-0.4, -0.2) is 28.4 Å². The molecule has 1 N–H and O–H groups in total. The molecule has 1 saturated heterocycles. The van der Waals surface area contributed by atoms with Gasteiger partial charge in [-0.1, -0.05) is 42.8 Å². The smallest absolute Gasteiger partial charge is 0.300 e. The molecule has 0 bridgehead atoms. The molecule has 2 aromatic carbocycles. The van der Waals surface area contributed by atoms with E-state index in [9.17, 15) is 14.7 Å². The normalized spacial score (nSPS) is 17.6. The van der Waals surface area contributed by atoms with Crippen molar-refractivity contribution in [3.05, 3.63) is 95.3 Å². The zero-order valence-corrected chi connectivity index (χ0v) is 18.0. The molecule has 4 rings (SSSR count). The lowest BCUT2D eigenvalue weighted by Gasteiger charge is -2.24. The quantitative estimate of drug-likeness (QED) is 0.346. The van der Waals surface area contributed by atoms with Crippen molar-refractivity contribution in [2.24, 2.45) is 0 Å². The highest BCUT2D eigenvalue weighted by Gasteiger charge is 2.47. The molecule has 32 heavy (non-hydrogen) atoms. The largest absolute Gasteiger partial charge is 0.507 e. The number of aryl methyl sites for hydroxylation is 1. The highest BCUT2D eigenvalue weighted by atomic mass is 16.5. The van der Waals surface area contributed by atoms with E-state index in [2.05, 4.69) is 4.98 Å². The van der Waals surface area contributed by atoms with E-state index in [0.717, 1.165) is 12.0 Å². The number of aliphatic hydroxyl groups excluding tert-OH is 1. The zero-order valence-electron chi connectivity index (χ0n) is 18.0. The Balaban J connectivity index is 1.87. The zero-order chi connectivity index (χ0) is 22.7. The number of aliphatic hydroxyl groups is 1. The van der Waals surface area contributed by atoms with Crippen LogP contribution in [-0.2, 0) is 9.59 Å². The number of Topliss-reactive ketones (excluding diaryl/α,β-unsaturated/α-hetero) is 1. The molecule has 2 heterocycles. The number of benzene rings is 2. The van der Waals surface area contributed by atoms with Crippen LogP contribution >= 0.6 is 0 Å². The van der Waals surface area contributed by atoms with Crippen LogP contribution in [0.5, 0.6) is 5.75 Å². The topological polar surface area (TPSA) is 79.7 Å². The van der Waals surface area contributed by atoms with Gasteiger partial charge in [-0.2, -0.15) is 0 Å². The van der Waals surface area contributed by atoms with E-state index in [4.69, 9.17) is 4.74 Å². The van der Waals surface area contributed by atoms with Crippen LogP contribution in [0.1, 0.15) is 36.2 Å². The van der Waals surface area contributed by atoms with Gasteiger partial charge in [0.05, 0.1) is 17.9 Å². The second kappa shape index (κ2) is 9.06. The van der Waals surface area contributed by atoms with Crippen LogP contribution in [0.4, 0.5) is 5.69 Å². The first-order valence-corrected chi connectivity index (χ1v) is 10.5. The summed E-state index contributed by atoms with van der Waals surface area (Å²) in [5.41, 5.74) is 2.49. The van der Waals surface area contributed by atoms with E-state index in [1.54, 1.807) is 60.8 Å². The number of carbonyl (C=O) groups excluding carboxylic acids is 2. The number of ether oxygens (including phenoxy) is 1. The Hall–Kier alpha value is -3.93. The number of aromatic nitrogens is 1. The van der Waals surface area contributed by atoms with Crippen molar-refractivity contribution < 1.29 is 19.4 Å². The van der Waals surface area contributed by atoms with Crippen molar-refractivity contribution >= 4 is 23.1 Å². The van der Waals surface area contributed by atoms with Gasteiger partial charge >= 0.3 is 0 Å². The Bertz CT molecular complexity index is 1170. The van der Waals surface area contributed by atoms with Gasteiger partial charge in [0.25, 0.3) is 11.7 Å². The number of rotatable bonds is 6. The van der Waals surface area contributed by atoms with Crippen molar-refractivity contribution in [1.82, 2.24) is 4.98 Å². The molecule has 0 radical (unpaired) electrons. The summed E-state index contributed by atoms with van der Waals surface area (Å²) in [4.78, 5) is 32.0. The molecule has 6 heteroatoms. The third-order valence-electron chi connectivity index (χ3n) is 5.30. The van der Waals surface area contributed by atoms with E-state index in [1.807, 2.05) is 26.0 Å². The number of anilines is 1. The summed E-state index contributed by atoms with van der Waals surface area (Å²) in [7, 11) is 0. The average Bonchev–Trinajstić information content (AvgIpc) is 3.09. The summed E-state index contributed by atoms with van der Waals surface area (Å²) in [6.45, 7) is 4.49. The van der Waals surface area contributed by atoms with Gasteiger partial charge in [-0.05, 0) is 49.7 Å². The van der Waals surface area contributed by atoms with Crippen molar-refractivity contribution in [3.8, 4) is 5.75 Å². The van der Waals surface area contributed by atoms with Crippen LogP contribution in [0.15, 0.2) is 78.5 Å². The third-order valence-corrected chi connectivity index (χ3v) is 5.30. The molecule has 1 atom stereocenters. The van der Waals surface area contributed by atoms with Gasteiger partial charge in [0.1, 0.15) is 17.6 Å². The maximum atomic E-state index is 13.1. The van der Waals surface area contributed by atoms with Crippen LogP contribution in [0.25, 0.3) is 5.76 Å². The lowest BCUT2D eigenvalue weighted by molar-refractivity contribution is -0.132. The number of amides is 1. The number of hydrogen-bond donors (Lipinski definition) is 1. The summed E-state index contributed by atoms with van der Waals surface area (Å²) >= 11 is 0. The second-order valence-corrected chi connectivity index (χ2v) is 7.64. The van der Waals surface area contributed by atoms with Gasteiger partial charge < -0.3 is 9.84 Å². The molecule has 0 aliphatic carbocycles. The monoisotopic (exact) mass is 428 g/mol. The molecule has 1 unspecified atom stereocenters. The first kappa shape index (κ1) is 21.3.